The third-order valence-corrected chi connectivity index (χ3v) is 4.14. The molecule has 108 valence electrons. The summed E-state index contributed by atoms with van der Waals surface area (Å²) in [5.41, 5.74) is 1.19. The van der Waals surface area contributed by atoms with E-state index in [2.05, 4.69) is 42.0 Å². The van der Waals surface area contributed by atoms with Crippen LogP contribution >= 0.6 is 15.9 Å². The van der Waals surface area contributed by atoms with Crippen LogP contribution in [0.4, 0.5) is 4.39 Å². The maximum Gasteiger partial charge on any atom is 0.137 e. The fraction of sp³-hybridized carbons (Fsp3) is 0.625. The maximum atomic E-state index is 13.2. The Kier molecular flexibility index (Phi) is 7.62. The van der Waals surface area contributed by atoms with Crippen LogP contribution in [0.1, 0.15) is 45.6 Å². The molecule has 2 atom stereocenters. The summed E-state index contributed by atoms with van der Waals surface area (Å²) in [4.78, 5) is 0. The van der Waals surface area contributed by atoms with Gasteiger partial charge in [-0.2, -0.15) is 0 Å². The second-order valence-electron chi connectivity index (χ2n) is 5.35. The number of halogens is 2. The average molecular weight is 330 g/mol. The Bertz CT molecular complexity index is 381. The number of hydrogen-bond donors (Lipinski definition) is 1. The van der Waals surface area contributed by atoms with E-state index in [1.54, 1.807) is 6.07 Å². The second-order valence-corrected chi connectivity index (χ2v) is 6.21. The van der Waals surface area contributed by atoms with Gasteiger partial charge in [0.1, 0.15) is 5.82 Å². The lowest BCUT2D eigenvalue weighted by atomic mass is 9.94. The zero-order chi connectivity index (χ0) is 14.3. The molecular weight excluding hydrogens is 305 g/mol. The highest BCUT2D eigenvalue weighted by atomic mass is 79.9. The Hall–Kier alpha value is -0.410. The van der Waals surface area contributed by atoms with Gasteiger partial charge in [0.25, 0.3) is 0 Å². The predicted molar refractivity (Wildman–Crippen MR) is 84.0 cm³/mol. The molecule has 1 aromatic rings. The van der Waals surface area contributed by atoms with Gasteiger partial charge in [0.15, 0.2) is 0 Å². The summed E-state index contributed by atoms with van der Waals surface area (Å²) < 4.78 is 13.8. The summed E-state index contributed by atoms with van der Waals surface area (Å²) in [6.45, 7) is 7.75. The molecule has 0 saturated heterocycles. The highest BCUT2D eigenvalue weighted by molar-refractivity contribution is 9.10. The van der Waals surface area contributed by atoms with Crippen molar-refractivity contribution in [2.45, 2.75) is 52.5 Å². The van der Waals surface area contributed by atoms with Crippen molar-refractivity contribution >= 4 is 15.9 Å². The fourth-order valence-corrected chi connectivity index (χ4v) is 2.62. The fourth-order valence-electron chi connectivity index (χ4n) is 2.19. The van der Waals surface area contributed by atoms with Crippen molar-refractivity contribution in [2.75, 3.05) is 6.54 Å². The van der Waals surface area contributed by atoms with Crippen LogP contribution in [0, 0.1) is 11.7 Å². The molecule has 1 nitrogen and oxygen atoms in total. The minimum Gasteiger partial charge on any atom is -0.314 e. The van der Waals surface area contributed by atoms with Crippen LogP contribution in [-0.2, 0) is 6.42 Å². The third-order valence-electron chi connectivity index (χ3n) is 3.53. The van der Waals surface area contributed by atoms with Crippen molar-refractivity contribution in [1.82, 2.24) is 5.32 Å². The van der Waals surface area contributed by atoms with Gasteiger partial charge in [-0.3, -0.25) is 0 Å². The molecule has 1 rings (SSSR count). The summed E-state index contributed by atoms with van der Waals surface area (Å²) in [7, 11) is 0. The molecule has 1 N–H and O–H groups in total. The van der Waals surface area contributed by atoms with Crippen molar-refractivity contribution in [3.8, 4) is 0 Å². The van der Waals surface area contributed by atoms with Gasteiger partial charge in [0.2, 0.25) is 0 Å². The summed E-state index contributed by atoms with van der Waals surface area (Å²) in [5, 5.41) is 3.61. The van der Waals surface area contributed by atoms with E-state index < -0.39 is 0 Å². The molecule has 0 radical (unpaired) electrons. The number of nitrogens with one attached hydrogen (secondary N) is 1. The standard InChI is InChI=1S/C16H25BrFN/c1-4-8-19-14(9-12(3)5-2)10-13-6-7-16(18)15(17)11-13/h6-7,11-12,14,19H,4-5,8-10H2,1-3H3. The first-order valence-electron chi connectivity index (χ1n) is 7.24. The van der Waals surface area contributed by atoms with Crippen LogP contribution in [0.2, 0.25) is 0 Å². The van der Waals surface area contributed by atoms with Gasteiger partial charge in [0, 0.05) is 6.04 Å². The van der Waals surface area contributed by atoms with E-state index in [0.717, 1.165) is 25.3 Å². The predicted octanol–water partition coefficient (Wildman–Crippen LogP) is 4.94. The SMILES string of the molecule is CCCNC(Cc1ccc(F)c(Br)c1)CC(C)CC. The van der Waals surface area contributed by atoms with Crippen LogP contribution in [-0.4, -0.2) is 12.6 Å². The quantitative estimate of drug-likeness (QED) is 0.712. The Balaban J connectivity index is 2.66. The lowest BCUT2D eigenvalue weighted by Crippen LogP contribution is -2.33. The van der Waals surface area contributed by atoms with E-state index >= 15 is 0 Å². The zero-order valence-corrected chi connectivity index (χ0v) is 13.8. The summed E-state index contributed by atoms with van der Waals surface area (Å²) in [5.74, 6) is 0.530. The van der Waals surface area contributed by atoms with E-state index in [4.69, 9.17) is 0 Å². The van der Waals surface area contributed by atoms with Crippen molar-refractivity contribution < 1.29 is 4.39 Å². The van der Waals surface area contributed by atoms with Crippen molar-refractivity contribution in [3.63, 3.8) is 0 Å². The van der Waals surface area contributed by atoms with Crippen LogP contribution in [0.3, 0.4) is 0 Å². The lowest BCUT2D eigenvalue weighted by Gasteiger charge is -2.22. The number of hydrogen-bond acceptors (Lipinski definition) is 1. The second kappa shape index (κ2) is 8.70. The zero-order valence-electron chi connectivity index (χ0n) is 12.2. The van der Waals surface area contributed by atoms with Gasteiger partial charge in [-0.25, -0.2) is 4.39 Å². The molecule has 0 aromatic heterocycles. The van der Waals surface area contributed by atoms with Crippen molar-refractivity contribution in [3.05, 3.63) is 34.1 Å². The van der Waals surface area contributed by atoms with Crippen molar-refractivity contribution in [1.29, 1.82) is 0 Å². The molecule has 19 heavy (non-hydrogen) atoms. The van der Waals surface area contributed by atoms with E-state index in [-0.39, 0.29) is 5.82 Å². The van der Waals surface area contributed by atoms with E-state index in [9.17, 15) is 4.39 Å². The van der Waals surface area contributed by atoms with Gasteiger partial charge in [-0.1, -0.05) is 33.3 Å². The molecule has 2 unspecified atom stereocenters. The first kappa shape index (κ1) is 16.6. The molecule has 0 aliphatic carbocycles. The largest absolute Gasteiger partial charge is 0.314 e. The van der Waals surface area contributed by atoms with Gasteiger partial charge < -0.3 is 5.32 Å². The third kappa shape index (κ3) is 6.05. The summed E-state index contributed by atoms with van der Waals surface area (Å²) in [6, 6.07) is 5.80. The first-order chi connectivity index (χ1) is 9.06. The molecule has 3 heteroatoms. The molecule has 0 spiro atoms. The molecule has 1 aromatic carbocycles. The molecule has 0 heterocycles. The molecular formula is C16H25BrFN. The van der Waals surface area contributed by atoms with Gasteiger partial charge >= 0.3 is 0 Å². The molecule has 0 saturated carbocycles. The maximum absolute atomic E-state index is 13.2. The smallest absolute Gasteiger partial charge is 0.137 e. The minimum absolute atomic E-state index is 0.191. The van der Waals surface area contributed by atoms with Gasteiger partial charge in [0.05, 0.1) is 4.47 Å². The Labute approximate surface area is 125 Å². The van der Waals surface area contributed by atoms with Crippen LogP contribution in [0.5, 0.6) is 0 Å². The highest BCUT2D eigenvalue weighted by Crippen LogP contribution is 2.20. The average Bonchev–Trinajstić information content (AvgIpc) is 2.40. The summed E-state index contributed by atoms with van der Waals surface area (Å²) in [6.07, 6.45) is 4.48. The Morgan fingerprint density at radius 1 is 1.32 bits per heavy atom. The molecule has 0 fully saturated rings. The lowest BCUT2D eigenvalue weighted by molar-refractivity contribution is 0.391. The molecule has 0 aliphatic rings. The first-order valence-corrected chi connectivity index (χ1v) is 8.03. The van der Waals surface area contributed by atoms with E-state index in [1.807, 2.05) is 12.1 Å². The van der Waals surface area contributed by atoms with Crippen LogP contribution < -0.4 is 5.32 Å². The molecule has 0 amide bonds. The van der Waals surface area contributed by atoms with Gasteiger partial charge in [-0.15, -0.1) is 0 Å². The normalized spacial score (nSPS) is 14.4. The van der Waals surface area contributed by atoms with E-state index in [0.29, 0.717) is 10.5 Å². The molecule has 0 bridgehead atoms. The highest BCUT2D eigenvalue weighted by Gasteiger charge is 2.13. The number of benzene rings is 1. The van der Waals surface area contributed by atoms with Crippen LogP contribution in [0.25, 0.3) is 0 Å². The van der Waals surface area contributed by atoms with Crippen LogP contribution in [0.15, 0.2) is 22.7 Å². The van der Waals surface area contributed by atoms with Gasteiger partial charge in [-0.05, 0) is 65.4 Å². The molecule has 0 aliphatic heterocycles. The Morgan fingerprint density at radius 3 is 2.63 bits per heavy atom. The minimum atomic E-state index is -0.191. The monoisotopic (exact) mass is 329 g/mol. The number of rotatable bonds is 8. The summed E-state index contributed by atoms with van der Waals surface area (Å²) >= 11 is 3.26. The topological polar surface area (TPSA) is 12.0 Å². The van der Waals surface area contributed by atoms with E-state index in [1.165, 1.54) is 18.4 Å². The Morgan fingerprint density at radius 2 is 2.05 bits per heavy atom. The van der Waals surface area contributed by atoms with Crippen molar-refractivity contribution in [2.24, 2.45) is 5.92 Å².